The van der Waals surface area contributed by atoms with Crippen LogP contribution in [0.4, 0.5) is 39.8 Å². The minimum absolute atomic E-state index is 0.0198. The molecule has 0 saturated heterocycles. The second-order valence-electron chi connectivity index (χ2n) is 16.7. The first kappa shape index (κ1) is 35.0. The van der Waals surface area contributed by atoms with Crippen molar-refractivity contribution in [2.24, 2.45) is 0 Å². The van der Waals surface area contributed by atoms with Gasteiger partial charge in [0.1, 0.15) is 0 Å². The van der Waals surface area contributed by atoms with E-state index in [0.717, 1.165) is 49.6 Å². The van der Waals surface area contributed by atoms with Gasteiger partial charge >= 0.3 is 0 Å². The van der Waals surface area contributed by atoms with E-state index in [1.54, 1.807) is 0 Å². The maximum Gasteiger partial charge on any atom is 0.0889 e. The summed E-state index contributed by atoms with van der Waals surface area (Å²) in [5.74, 6) is -0.0198. The number of rotatable bonds is 5. The highest BCUT2D eigenvalue weighted by Crippen LogP contribution is 2.54. The minimum Gasteiger partial charge on any atom is -0.333 e. The van der Waals surface area contributed by atoms with Gasteiger partial charge in [-0.05, 0) is 118 Å². The molecule has 8 aromatic rings. The summed E-state index contributed by atoms with van der Waals surface area (Å²) in [7, 11) is -1.34. The third-order valence-corrected chi connectivity index (χ3v) is 14.6. The predicted octanol–water partition coefficient (Wildman–Crippen LogP) is 14.0. The normalized spacial score (nSPS) is 19.0. The summed E-state index contributed by atoms with van der Waals surface area (Å²) in [6, 6.07) is 67.4. The lowest BCUT2D eigenvalue weighted by atomic mass is 9.79. The lowest BCUT2D eigenvalue weighted by Crippen LogP contribution is -2.41. The second kappa shape index (κ2) is 13.3. The van der Waals surface area contributed by atoms with E-state index in [4.69, 9.17) is 0 Å². The Morgan fingerprint density at radius 3 is 2.02 bits per heavy atom. The monoisotopic (exact) mass is 791 g/mol. The zero-order valence-corrected chi connectivity index (χ0v) is 34.2. The molecule has 0 amide bonds. The molecule has 5 heteroatoms. The summed E-state index contributed by atoms with van der Waals surface area (Å²) < 4.78 is 14.6. The number of nitrogens with zero attached hydrogens (tertiary/aromatic N) is 3. The molecule has 8 aromatic carbocycles. The molecule has 0 spiro atoms. The van der Waals surface area contributed by atoms with Gasteiger partial charge < -0.3 is 14.7 Å². The van der Waals surface area contributed by atoms with Crippen LogP contribution in [0.3, 0.4) is 0 Å². The standard InChI is InChI=1S/C55H41N3OS/c1-55(2)46-23-10-9-21-42(46)43-32-31-41(33-47(43)55)56(37-17-5-3-6-18-37)39-27-29-40(30-28-39)58-49-25-14-16-36-15-13-22-44(54(36)49)45-34-53-51(35-50(45)58)57(38-19-7-4-8-20-38)48-24-11-12-26-52(48)60(53)59/h3-35,45,50H,1-2H3. The molecule has 288 valence electrons. The highest BCUT2D eigenvalue weighted by Gasteiger charge is 2.43. The molecule has 3 unspecified atom stereocenters. The summed E-state index contributed by atoms with van der Waals surface area (Å²) in [4.78, 5) is 8.89. The first-order chi connectivity index (χ1) is 29.5. The van der Waals surface area contributed by atoms with Gasteiger partial charge in [0, 0.05) is 50.8 Å². The van der Waals surface area contributed by atoms with Crippen LogP contribution >= 0.6 is 0 Å². The molecule has 0 saturated carbocycles. The van der Waals surface area contributed by atoms with Crippen LogP contribution in [0.25, 0.3) is 21.9 Å². The molecule has 0 bridgehead atoms. The first-order valence-corrected chi connectivity index (χ1v) is 21.9. The maximum absolute atomic E-state index is 14.6. The van der Waals surface area contributed by atoms with Crippen molar-refractivity contribution in [1.82, 2.24) is 0 Å². The Morgan fingerprint density at radius 1 is 0.550 bits per heavy atom. The Hall–Kier alpha value is -6.95. The highest BCUT2D eigenvalue weighted by molar-refractivity contribution is 7.89. The van der Waals surface area contributed by atoms with Crippen LogP contribution in [-0.2, 0) is 16.2 Å². The van der Waals surface area contributed by atoms with Crippen molar-refractivity contribution >= 4 is 61.4 Å². The van der Waals surface area contributed by atoms with E-state index in [2.05, 4.69) is 204 Å². The summed E-state index contributed by atoms with van der Waals surface area (Å²) >= 11 is 0. The molecule has 4 nitrogen and oxygen atoms in total. The highest BCUT2D eigenvalue weighted by atomic mass is 32.2. The molecule has 2 aliphatic heterocycles. The quantitative estimate of drug-likeness (QED) is 0.173. The van der Waals surface area contributed by atoms with Crippen LogP contribution in [0, 0.1) is 0 Å². The van der Waals surface area contributed by atoms with Crippen LogP contribution in [0.2, 0.25) is 0 Å². The molecule has 12 rings (SSSR count). The molecule has 2 aliphatic carbocycles. The number of hydrogen-bond donors (Lipinski definition) is 0. The van der Waals surface area contributed by atoms with Gasteiger partial charge in [-0.1, -0.05) is 129 Å². The lowest BCUT2D eigenvalue weighted by Gasteiger charge is -2.46. The summed E-state index contributed by atoms with van der Waals surface area (Å²) in [6.07, 6.45) is 4.68. The summed E-state index contributed by atoms with van der Waals surface area (Å²) in [5, 5.41) is 2.45. The maximum atomic E-state index is 14.6. The Labute approximate surface area is 353 Å². The van der Waals surface area contributed by atoms with Gasteiger partial charge in [0.2, 0.25) is 0 Å². The SMILES string of the molecule is CC1(C)c2ccccc2-c2ccc(N(c3ccccc3)c3ccc(N4c5cccc6cccc(c56)C5C=C6C(=CC54)N(c4ccccc4)c4ccccc4S6=O)cc3)cc21. The summed E-state index contributed by atoms with van der Waals surface area (Å²) in [5.41, 5.74) is 15.1. The van der Waals surface area contributed by atoms with Crippen molar-refractivity contribution in [3.63, 3.8) is 0 Å². The number of para-hydroxylation sites is 3. The van der Waals surface area contributed by atoms with Crippen LogP contribution in [0.5, 0.6) is 0 Å². The largest absolute Gasteiger partial charge is 0.333 e. The molecule has 0 fully saturated rings. The second-order valence-corrected chi connectivity index (χ2v) is 18.1. The molecule has 4 aliphatic rings. The van der Waals surface area contributed by atoms with Crippen LogP contribution in [0.1, 0.15) is 36.5 Å². The fraction of sp³-hybridized carbons (Fsp3) is 0.0909. The fourth-order valence-corrected chi connectivity index (χ4v) is 11.8. The number of fused-ring (bicyclic) bond motifs is 7. The van der Waals surface area contributed by atoms with E-state index in [-0.39, 0.29) is 17.4 Å². The smallest absolute Gasteiger partial charge is 0.0889 e. The van der Waals surface area contributed by atoms with E-state index in [9.17, 15) is 4.21 Å². The molecular formula is C55H41N3OS. The van der Waals surface area contributed by atoms with Crippen LogP contribution in [0.15, 0.2) is 216 Å². The third-order valence-electron chi connectivity index (χ3n) is 13.1. The van der Waals surface area contributed by atoms with E-state index in [1.165, 1.54) is 44.3 Å². The van der Waals surface area contributed by atoms with Crippen LogP contribution in [-0.4, -0.2) is 10.3 Å². The fourth-order valence-electron chi connectivity index (χ4n) is 10.4. The topological polar surface area (TPSA) is 26.8 Å². The zero-order chi connectivity index (χ0) is 40.1. The van der Waals surface area contributed by atoms with Crippen molar-refractivity contribution in [2.45, 2.75) is 36.1 Å². The minimum atomic E-state index is -1.34. The van der Waals surface area contributed by atoms with Crippen molar-refractivity contribution < 1.29 is 4.21 Å². The van der Waals surface area contributed by atoms with Gasteiger partial charge in [0.15, 0.2) is 0 Å². The van der Waals surface area contributed by atoms with Gasteiger partial charge in [-0.25, -0.2) is 4.21 Å². The van der Waals surface area contributed by atoms with Gasteiger partial charge in [-0.15, -0.1) is 0 Å². The van der Waals surface area contributed by atoms with Crippen molar-refractivity contribution in [1.29, 1.82) is 0 Å². The Kier molecular flexibility index (Phi) is 7.76. The average molecular weight is 792 g/mol. The van der Waals surface area contributed by atoms with Crippen molar-refractivity contribution in [2.75, 3.05) is 14.7 Å². The third kappa shape index (κ3) is 5.12. The van der Waals surface area contributed by atoms with E-state index in [1.807, 2.05) is 24.3 Å². The van der Waals surface area contributed by atoms with Crippen molar-refractivity contribution in [3.8, 4) is 11.1 Å². The van der Waals surface area contributed by atoms with Crippen LogP contribution < -0.4 is 14.7 Å². The van der Waals surface area contributed by atoms with Gasteiger partial charge in [-0.2, -0.15) is 0 Å². The zero-order valence-electron chi connectivity index (χ0n) is 33.4. The van der Waals surface area contributed by atoms with Crippen molar-refractivity contribution in [3.05, 3.63) is 228 Å². The van der Waals surface area contributed by atoms with E-state index >= 15 is 0 Å². The number of hydrogen-bond acceptors (Lipinski definition) is 4. The van der Waals surface area contributed by atoms with Gasteiger partial charge in [0.05, 0.1) is 38.0 Å². The predicted molar refractivity (Wildman–Crippen MR) is 249 cm³/mol. The molecule has 2 heterocycles. The lowest BCUT2D eigenvalue weighted by molar-refractivity contribution is 0.660. The molecule has 0 aromatic heterocycles. The summed E-state index contributed by atoms with van der Waals surface area (Å²) in [6.45, 7) is 4.68. The Bertz CT molecular complexity index is 3110. The van der Waals surface area contributed by atoms with E-state index < -0.39 is 10.8 Å². The molecule has 3 atom stereocenters. The van der Waals surface area contributed by atoms with E-state index in [0.29, 0.717) is 0 Å². The number of anilines is 7. The Morgan fingerprint density at radius 2 is 1.20 bits per heavy atom. The first-order valence-electron chi connectivity index (χ1n) is 20.8. The van der Waals surface area contributed by atoms with Gasteiger partial charge in [0.25, 0.3) is 0 Å². The molecule has 60 heavy (non-hydrogen) atoms. The van der Waals surface area contributed by atoms with Gasteiger partial charge in [-0.3, -0.25) is 0 Å². The molecular weight excluding hydrogens is 751 g/mol. The number of benzene rings is 8. The average Bonchev–Trinajstić information content (AvgIpc) is 3.53. The molecule has 0 radical (unpaired) electrons. The Balaban J connectivity index is 1.01. The molecule has 0 N–H and O–H groups in total.